The van der Waals surface area contributed by atoms with Crippen molar-refractivity contribution in [2.24, 2.45) is 5.73 Å². The van der Waals surface area contributed by atoms with Crippen LogP contribution >= 0.6 is 0 Å². The predicted molar refractivity (Wildman–Crippen MR) is 54.8 cm³/mol. The maximum Gasteiger partial charge on any atom is 0.115 e. The average Bonchev–Trinajstić information content (AvgIpc) is 2.19. The number of hydrogen-bond donors (Lipinski definition) is 1. The molecule has 1 aromatic rings. The van der Waals surface area contributed by atoms with E-state index >= 15 is 0 Å². The molecule has 76 valence electrons. The number of fused-ring (bicyclic) bond motifs is 1. The molecule has 14 heavy (non-hydrogen) atoms. The van der Waals surface area contributed by atoms with Crippen molar-refractivity contribution in [2.45, 2.75) is 19.4 Å². The minimum absolute atomic E-state index is 0.660. The van der Waals surface area contributed by atoms with Gasteiger partial charge in [-0.05, 0) is 13.6 Å². The summed E-state index contributed by atoms with van der Waals surface area (Å²) >= 11 is 0. The second-order valence-electron chi connectivity index (χ2n) is 3.77. The molecule has 0 fully saturated rings. The topological polar surface area (TPSA) is 55.0 Å². The van der Waals surface area contributed by atoms with Crippen LogP contribution in [-0.4, -0.2) is 35.0 Å². The van der Waals surface area contributed by atoms with Gasteiger partial charge in [-0.3, -0.25) is 0 Å². The highest BCUT2D eigenvalue weighted by molar-refractivity contribution is 5.27. The maximum atomic E-state index is 5.55. The number of rotatable bonds is 2. The molecule has 2 heterocycles. The van der Waals surface area contributed by atoms with E-state index in [9.17, 15) is 0 Å². The smallest absolute Gasteiger partial charge is 0.115 e. The van der Waals surface area contributed by atoms with Gasteiger partial charge >= 0.3 is 0 Å². The molecule has 0 aliphatic carbocycles. The molecule has 0 bridgehead atoms. The Hall–Kier alpha value is -1.00. The summed E-state index contributed by atoms with van der Waals surface area (Å²) in [5, 5.41) is 0. The van der Waals surface area contributed by atoms with E-state index in [1.165, 1.54) is 11.3 Å². The van der Waals surface area contributed by atoms with Gasteiger partial charge in [0.05, 0.1) is 0 Å². The Bertz CT molecular complexity index is 324. The van der Waals surface area contributed by atoms with E-state index in [-0.39, 0.29) is 0 Å². The van der Waals surface area contributed by atoms with Crippen LogP contribution < -0.4 is 5.73 Å². The van der Waals surface area contributed by atoms with E-state index in [2.05, 4.69) is 21.9 Å². The summed E-state index contributed by atoms with van der Waals surface area (Å²) in [7, 11) is 2.13. The van der Waals surface area contributed by atoms with E-state index < -0.39 is 0 Å². The molecule has 0 spiro atoms. The Labute approximate surface area is 84.2 Å². The molecule has 2 rings (SSSR count). The highest BCUT2D eigenvalue weighted by atomic mass is 15.1. The zero-order valence-electron chi connectivity index (χ0n) is 8.53. The summed E-state index contributed by atoms with van der Waals surface area (Å²) in [6.45, 7) is 2.71. The van der Waals surface area contributed by atoms with Crippen LogP contribution in [0.15, 0.2) is 6.33 Å². The molecule has 4 nitrogen and oxygen atoms in total. The zero-order valence-corrected chi connectivity index (χ0v) is 8.53. The van der Waals surface area contributed by atoms with Gasteiger partial charge in [0.1, 0.15) is 6.33 Å². The maximum absolute atomic E-state index is 5.55. The molecule has 0 aromatic carbocycles. The molecule has 0 saturated carbocycles. The quantitative estimate of drug-likeness (QED) is 0.714. The van der Waals surface area contributed by atoms with E-state index in [1.807, 2.05) is 0 Å². The molecule has 1 aliphatic rings. The third-order valence-electron chi connectivity index (χ3n) is 2.66. The van der Waals surface area contributed by atoms with Crippen molar-refractivity contribution in [2.75, 3.05) is 20.1 Å². The van der Waals surface area contributed by atoms with Gasteiger partial charge in [0.2, 0.25) is 0 Å². The lowest BCUT2D eigenvalue weighted by atomic mass is 10.0. The van der Waals surface area contributed by atoms with Gasteiger partial charge in [0, 0.05) is 42.9 Å². The Morgan fingerprint density at radius 1 is 1.50 bits per heavy atom. The van der Waals surface area contributed by atoms with Gasteiger partial charge in [-0.1, -0.05) is 0 Å². The second-order valence-corrected chi connectivity index (χ2v) is 3.77. The Kier molecular flexibility index (Phi) is 2.74. The fourth-order valence-corrected chi connectivity index (χ4v) is 1.89. The van der Waals surface area contributed by atoms with Gasteiger partial charge in [-0.15, -0.1) is 0 Å². The molecule has 0 atom stereocenters. The summed E-state index contributed by atoms with van der Waals surface area (Å²) < 4.78 is 0. The van der Waals surface area contributed by atoms with Gasteiger partial charge < -0.3 is 10.6 Å². The lowest BCUT2D eigenvalue weighted by molar-refractivity contribution is 0.307. The summed E-state index contributed by atoms with van der Waals surface area (Å²) in [6, 6.07) is 0. The lowest BCUT2D eigenvalue weighted by Gasteiger charge is -2.25. The van der Waals surface area contributed by atoms with Crippen molar-refractivity contribution in [3.05, 3.63) is 23.3 Å². The van der Waals surface area contributed by atoms with E-state index in [0.717, 1.165) is 31.6 Å². The van der Waals surface area contributed by atoms with Crippen LogP contribution in [-0.2, 0) is 19.4 Å². The Balaban J connectivity index is 2.33. The van der Waals surface area contributed by atoms with Crippen LogP contribution in [0.5, 0.6) is 0 Å². The zero-order chi connectivity index (χ0) is 9.97. The first-order valence-electron chi connectivity index (χ1n) is 5.01. The van der Waals surface area contributed by atoms with Crippen LogP contribution in [0, 0.1) is 0 Å². The SMILES string of the molecule is CN1CCc2ncnc(CCN)c2C1. The predicted octanol–water partition coefficient (Wildman–Crippen LogP) is -0.0343. The van der Waals surface area contributed by atoms with E-state index in [1.54, 1.807) is 6.33 Å². The molecule has 0 unspecified atom stereocenters. The van der Waals surface area contributed by atoms with E-state index in [4.69, 9.17) is 5.73 Å². The third-order valence-corrected chi connectivity index (χ3v) is 2.66. The Morgan fingerprint density at radius 2 is 2.36 bits per heavy atom. The molecule has 0 saturated heterocycles. The molecular formula is C10H16N4. The monoisotopic (exact) mass is 192 g/mol. The number of nitrogens with zero attached hydrogens (tertiary/aromatic N) is 3. The molecule has 1 aromatic heterocycles. The van der Waals surface area contributed by atoms with Gasteiger partial charge in [-0.2, -0.15) is 0 Å². The molecular weight excluding hydrogens is 176 g/mol. The average molecular weight is 192 g/mol. The van der Waals surface area contributed by atoms with Crippen molar-refractivity contribution in [1.29, 1.82) is 0 Å². The third kappa shape index (κ3) is 1.76. The normalized spacial score (nSPS) is 16.7. The van der Waals surface area contributed by atoms with Crippen molar-refractivity contribution >= 4 is 0 Å². The van der Waals surface area contributed by atoms with Gasteiger partial charge in [-0.25, -0.2) is 9.97 Å². The van der Waals surface area contributed by atoms with Crippen LogP contribution in [0.4, 0.5) is 0 Å². The summed E-state index contributed by atoms with van der Waals surface area (Å²) in [6.07, 6.45) is 3.56. The number of aromatic nitrogens is 2. The van der Waals surface area contributed by atoms with Crippen molar-refractivity contribution in [3.63, 3.8) is 0 Å². The molecule has 1 aliphatic heterocycles. The summed E-state index contributed by atoms with van der Waals surface area (Å²) in [5.41, 5.74) is 9.19. The summed E-state index contributed by atoms with van der Waals surface area (Å²) in [4.78, 5) is 10.9. The van der Waals surface area contributed by atoms with E-state index in [0.29, 0.717) is 6.54 Å². The van der Waals surface area contributed by atoms with Crippen molar-refractivity contribution in [3.8, 4) is 0 Å². The minimum Gasteiger partial charge on any atom is -0.330 e. The first-order valence-corrected chi connectivity index (χ1v) is 5.01. The summed E-state index contributed by atoms with van der Waals surface area (Å²) in [5.74, 6) is 0. The van der Waals surface area contributed by atoms with Crippen LogP contribution in [0.3, 0.4) is 0 Å². The van der Waals surface area contributed by atoms with Crippen LogP contribution in [0.25, 0.3) is 0 Å². The minimum atomic E-state index is 0.660. The first-order chi connectivity index (χ1) is 6.81. The van der Waals surface area contributed by atoms with Crippen molar-refractivity contribution in [1.82, 2.24) is 14.9 Å². The fraction of sp³-hybridized carbons (Fsp3) is 0.600. The standard InChI is InChI=1S/C10H16N4/c1-14-5-3-10-8(6-14)9(2-4-11)12-7-13-10/h7H,2-6,11H2,1H3. The van der Waals surface area contributed by atoms with Crippen LogP contribution in [0.1, 0.15) is 17.0 Å². The lowest BCUT2D eigenvalue weighted by Crippen LogP contribution is -2.29. The largest absolute Gasteiger partial charge is 0.330 e. The van der Waals surface area contributed by atoms with Crippen LogP contribution in [0.2, 0.25) is 0 Å². The first kappa shape index (κ1) is 9.55. The molecule has 0 radical (unpaired) electrons. The second kappa shape index (κ2) is 4.02. The number of nitrogens with two attached hydrogens (primary N) is 1. The molecule has 2 N–H and O–H groups in total. The number of hydrogen-bond acceptors (Lipinski definition) is 4. The fourth-order valence-electron chi connectivity index (χ4n) is 1.89. The highest BCUT2D eigenvalue weighted by Crippen LogP contribution is 2.18. The van der Waals surface area contributed by atoms with Gasteiger partial charge in [0.15, 0.2) is 0 Å². The van der Waals surface area contributed by atoms with Crippen molar-refractivity contribution < 1.29 is 0 Å². The van der Waals surface area contributed by atoms with Gasteiger partial charge in [0.25, 0.3) is 0 Å². The highest BCUT2D eigenvalue weighted by Gasteiger charge is 2.17. The Morgan fingerprint density at radius 3 is 3.14 bits per heavy atom. The molecule has 4 heteroatoms. The number of likely N-dealkylation sites (N-methyl/N-ethyl adjacent to an activating group) is 1. The molecule has 0 amide bonds.